The van der Waals surface area contributed by atoms with Crippen LogP contribution < -0.4 is 5.32 Å². The summed E-state index contributed by atoms with van der Waals surface area (Å²) in [6.07, 6.45) is 2.05. The number of amides is 1. The average Bonchev–Trinajstić information content (AvgIpc) is 2.92. The van der Waals surface area contributed by atoms with Crippen molar-refractivity contribution < 1.29 is 13.9 Å². The predicted octanol–water partition coefficient (Wildman–Crippen LogP) is 2.20. The topological polar surface area (TPSA) is 79.9 Å². The fourth-order valence-electron chi connectivity index (χ4n) is 2.83. The second-order valence-electron chi connectivity index (χ2n) is 5.83. The summed E-state index contributed by atoms with van der Waals surface area (Å²) in [6.45, 7) is 5.56. The maximum absolute atomic E-state index is 13.9. The van der Waals surface area contributed by atoms with Gasteiger partial charge in [0, 0.05) is 18.2 Å². The van der Waals surface area contributed by atoms with E-state index in [1.807, 2.05) is 13.8 Å². The minimum atomic E-state index is -0.396. The predicted molar refractivity (Wildman–Crippen MR) is 81.4 cm³/mol. The van der Waals surface area contributed by atoms with Crippen LogP contribution in [0.5, 0.6) is 0 Å². The van der Waals surface area contributed by atoms with Gasteiger partial charge in [0.2, 0.25) is 0 Å². The number of halogens is 1. The number of hydrogen-bond donors (Lipinski definition) is 2. The van der Waals surface area contributed by atoms with Crippen molar-refractivity contribution in [3.8, 4) is 0 Å². The van der Waals surface area contributed by atoms with Crippen LogP contribution in [-0.2, 0) is 17.7 Å². The second-order valence-corrected chi connectivity index (χ2v) is 5.83. The number of nitrogens with one attached hydrogen (secondary N) is 2. The quantitative estimate of drug-likeness (QED) is 0.909. The standard InChI is InChI=1S/C16H19FN4O2/c1-8-4-5-18-12(13(8)17)7-19-16(22)15-11-6-9(2)23-10(3)14(11)20-21-15/h4-5,9-10H,6-7H2,1-3H3,(H,19,22)(H,20,21)/t9-,10+/m1/s1. The third-order valence-electron chi connectivity index (χ3n) is 4.02. The van der Waals surface area contributed by atoms with Gasteiger partial charge in [0.1, 0.15) is 5.82 Å². The Labute approximate surface area is 133 Å². The van der Waals surface area contributed by atoms with Crippen LogP contribution in [0.25, 0.3) is 0 Å². The molecule has 0 saturated carbocycles. The Kier molecular flexibility index (Phi) is 4.12. The number of aromatic nitrogens is 3. The second kappa shape index (κ2) is 6.08. The van der Waals surface area contributed by atoms with E-state index >= 15 is 0 Å². The van der Waals surface area contributed by atoms with E-state index in [2.05, 4.69) is 20.5 Å². The van der Waals surface area contributed by atoms with Crippen LogP contribution >= 0.6 is 0 Å². The molecule has 23 heavy (non-hydrogen) atoms. The fraction of sp³-hybridized carbons (Fsp3) is 0.438. The largest absolute Gasteiger partial charge is 0.369 e. The van der Waals surface area contributed by atoms with Crippen molar-refractivity contribution in [2.75, 3.05) is 0 Å². The number of hydrogen-bond acceptors (Lipinski definition) is 4. The first-order valence-electron chi connectivity index (χ1n) is 7.58. The molecule has 1 amide bonds. The number of carbonyl (C=O) groups excluding carboxylic acids is 1. The minimum absolute atomic E-state index is 0.0234. The SMILES string of the molecule is Cc1ccnc(CNC(=O)c2n[nH]c3c2C[C@@H](C)O[C@H]3C)c1F. The lowest BCUT2D eigenvalue weighted by Gasteiger charge is -2.25. The smallest absolute Gasteiger partial charge is 0.272 e. The molecule has 2 N–H and O–H groups in total. The summed E-state index contributed by atoms with van der Waals surface area (Å²) >= 11 is 0. The molecule has 122 valence electrons. The van der Waals surface area contributed by atoms with Gasteiger partial charge >= 0.3 is 0 Å². The molecule has 1 aliphatic rings. The van der Waals surface area contributed by atoms with Crippen LogP contribution in [0.1, 0.15) is 53.0 Å². The molecule has 0 fully saturated rings. The molecule has 0 unspecified atom stereocenters. The van der Waals surface area contributed by atoms with Gasteiger partial charge < -0.3 is 10.1 Å². The molecular weight excluding hydrogens is 299 g/mol. The number of aryl methyl sites for hydroxylation is 1. The summed E-state index contributed by atoms with van der Waals surface area (Å²) in [5, 5.41) is 9.66. The highest BCUT2D eigenvalue weighted by molar-refractivity contribution is 5.94. The maximum atomic E-state index is 13.9. The first-order valence-corrected chi connectivity index (χ1v) is 7.58. The zero-order valence-corrected chi connectivity index (χ0v) is 13.3. The molecule has 3 rings (SSSR count). The molecule has 0 spiro atoms. The monoisotopic (exact) mass is 318 g/mol. The lowest BCUT2D eigenvalue weighted by molar-refractivity contribution is -0.00697. The van der Waals surface area contributed by atoms with Crippen molar-refractivity contribution in [3.05, 3.63) is 46.3 Å². The summed E-state index contributed by atoms with van der Waals surface area (Å²) in [7, 11) is 0. The Balaban J connectivity index is 1.76. The highest BCUT2D eigenvalue weighted by atomic mass is 19.1. The Morgan fingerprint density at radius 3 is 3.09 bits per heavy atom. The Hall–Kier alpha value is -2.28. The van der Waals surface area contributed by atoms with Gasteiger partial charge in [-0.1, -0.05) is 0 Å². The summed E-state index contributed by atoms with van der Waals surface area (Å²) in [5.41, 5.74) is 2.75. The van der Waals surface area contributed by atoms with Crippen molar-refractivity contribution in [2.45, 2.75) is 45.9 Å². The summed E-state index contributed by atoms with van der Waals surface area (Å²) in [5.74, 6) is -0.737. The number of fused-ring (bicyclic) bond motifs is 1. The molecule has 2 aromatic heterocycles. The highest BCUT2D eigenvalue weighted by Crippen LogP contribution is 2.30. The molecule has 0 bridgehead atoms. The molecule has 0 radical (unpaired) electrons. The lowest BCUT2D eigenvalue weighted by atomic mass is 9.99. The first-order chi connectivity index (χ1) is 11.0. The molecular formula is C16H19FN4O2. The number of aromatic amines is 1. The van der Waals surface area contributed by atoms with E-state index in [0.717, 1.165) is 11.3 Å². The van der Waals surface area contributed by atoms with E-state index in [-0.39, 0.29) is 30.4 Å². The van der Waals surface area contributed by atoms with Crippen LogP contribution in [0.15, 0.2) is 12.3 Å². The zero-order valence-electron chi connectivity index (χ0n) is 13.3. The number of pyridine rings is 1. The van der Waals surface area contributed by atoms with Crippen molar-refractivity contribution in [2.24, 2.45) is 0 Å². The Morgan fingerprint density at radius 1 is 1.52 bits per heavy atom. The van der Waals surface area contributed by atoms with Crippen LogP contribution in [0.4, 0.5) is 4.39 Å². The van der Waals surface area contributed by atoms with Crippen molar-refractivity contribution in [3.63, 3.8) is 0 Å². The van der Waals surface area contributed by atoms with Gasteiger partial charge in [0.15, 0.2) is 5.69 Å². The third-order valence-corrected chi connectivity index (χ3v) is 4.02. The van der Waals surface area contributed by atoms with E-state index in [0.29, 0.717) is 17.7 Å². The molecule has 0 saturated heterocycles. The van der Waals surface area contributed by atoms with Crippen LogP contribution in [0, 0.1) is 12.7 Å². The van der Waals surface area contributed by atoms with E-state index in [1.54, 1.807) is 13.0 Å². The maximum Gasteiger partial charge on any atom is 0.272 e. The summed E-state index contributed by atoms with van der Waals surface area (Å²) < 4.78 is 19.6. The summed E-state index contributed by atoms with van der Waals surface area (Å²) in [4.78, 5) is 16.3. The van der Waals surface area contributed by atoms with Crippen LogP contribution in [0.3, 0.4) is 0 Å². The van der Waals surface area contributed by atoms with Gasteiger partial charge in [-0.2, -0.15) is 5.10 Å². The molecule has 6 nitrogen and oxygen atoms in total. The Morgan fingerprint density at radius 2 is 2.30 bits per heavy atom. The highest BCUT2D eigenvalue weighted by Gasteiger charge is 2.29. The Bertz CT molecular complexity index is 744. The number of ether oxygens (including phenoxy) is 1. The molecule has 1 aliphatic heterocycles. The lowest BCUT2D eigenvalue weighted by Crippen LogP contribution is -2.28. The minimum Gasteiger partial charge on any atom is -0.369 e. The molecule has 0 aliphatic carbocycles. The molecule has 2 atom stereocenters. The van der Waals surface area contributed by atoms with Gasteiger partial charge in [-0.15, -0.1) is 0 Å². The number of carbonyl (C=O) groups is 1. The van der Waals surface area contributed by atoms with Gasteiger partial charge in [0.05, 0.1) is 30.1 Å². The fourth-order valence-corrected chi connectivity index (χ4v) is 2.83. The van der Waals surface area contributed by atoms with Gasteiger partial charge in [-0.05, 0) is 32.4 Å². The van der Waals surface area contributed by atoms with Crippen LogP contribution in [-0.4, -0.2) is 27.2 Å². The van der Waals surface area contributed by atoms with Gasteiger partial charge in [-0.3, -0.25) is 14.9 Å². The van der Waals surface area contributed by atoms with Crippen molar-refractivity contribution in [1.29, 1.82) is 0 Å². The van der Waals surface area contributed by atoms with E-state index < -0.39 is 5.82 Å². The molecule has 3 heterocycles. The van der Waals surface area contributed by atoms with Gasteiger partial charge in [-0.25, -0.2) is 4.39 Å². The average molecular weight is 318 g/mol. The molecule has 2 aromatic rings. The number of nitrogens with zero attached hydrogens (tertiary/aromatic N) is 2. The molecule has 7 heteroatoms. The molecule has 0 aromatic carbocycles. The van der Waals surface area contributed by atoms with Crippen LogP contribution in [0.2, 0.25) is 0 Å². The van der Waals surface area contributed by atoms with E-state index in [4.69, 9.17) is 4.74 Å². The van der Waals surface area contributed by atoms with E-state index in [1.165, 1.54) is 6.20 Å². The number of H-pyrrole nitrogens is 1. The summed E-state index contributed by atoms with van der Waals surface area (Å²) in [6, 6.07) is 1.59. The van der Waals surface area contributed by atoms with Crippen molar-refractivity contribution >= 4 is 5.91 Å². The third kappa shape index (κ3) is 2.96. The first kappa shape index (κ1) is 15.6. The number of rotatable bonds is 3. The van der Waals surface area contributed by atoms with E-state index in [9.17, 15) is 9.18 Å². The normalized spacial score (nSPS) is 20.2. The van der Waals surface area contributed by atoms with Crippen molar-refractivity contribution in [1.82, 2.24) is 20.5 Å². The van der Waals surface area contributed by atoms with Gasteiger partial charge in [0.25, 0.3) is 5.91 Å². The zero-order chi connectivity index (χ0) is 16.6.